The molecule has 2 bridgehead atoms. The fraction of sp³-hybridized carbons (Fsp3) is 0.148. The zero-order valence-corrected chi connectivity index (χ0v) is 18.9. The van der Waals surface area contributed by atoms with Crippen LogP contribution in [0.25, 0.3) is 32.7 Å². The third kappa shape index (κ3) is 3.25. The molecule has 6 aromatic rings. The summed E-state index contributed by atoms with van der Waals surface area (Å²) in [6, 6.07) is 15.8. The summed E-state index contributed by atoms with van der Waals surface area (Å²) in [6.45, 7) is 4.98. The topological polar surface area (TPSA) is 99.0 Å². The lowest BCUT2D eigenvalue weighted by Gasteiger charge is -2.11. The maximum Gasteiger partial charge on any atom is 0.251 e. The maximum absolute atomic E-state index is 12.9. The molecule has 7 nitrogen and oxygen atoms in total. The van der Waals surface area contributed by atoms with E-state index in [9.17, 15) is 4.79 Å². The summed E-state index contributed by atoms with van der Waals surface area (Å²) in [6.07, 6.45) is 3.73. The van der Waals surface area contributed by atoms with E-state index < -0.39 is 0 Å². The second-order valence-corrected chi connectivity index (χ2v) is 8.71. The molecule has 0 aliphatic rings. The molecule has 0 saturated carbocycles. The van der Waals surface area contributed by atoms with Gasteiger partial charge >= 0.3 is 0 Å². The van der Waals surface area contributed by atoms with Crippen LogP contribution in [-0.2, 0) is 13.1 Å². The molecule has 0 unspecified atom stereocenters. The van der Waals surface area contributed by atoms with Crippen molar-refractivity contribution in [1.82, 2.24) is 20.1 Å². The highest BCUT2D eigenvalue weighted by atomic mass is 16.3. The zero-order valence-electron chi connectivity index (χ0n) is 18.9. The number of nitrogens with two attached hydrogens (primary N) is 1. The van der Waals surface area contributed by atoms with Gasteiger partial charge in [0.1, 0.15) is 17.0 Å². The number of nitrogen functional groups attached to an aromatic ring is 1. The van der Waals surface area contributed by atoms with Crippen molar-refractivity contribution in [2.45, 2.75) is 26.9 Å². The van der Waals surface area contributed by atoms with Crippen molar-refractivity contribution in [2.24, 2.45) is 0 Å². The lowest BCUT2D eigenvalue weighted by atomic mass is 10.00. The SMILES string of the molecule is Cc1cc(N)nc(C)c1CNC(=O)c1ccc2c(c1)c1oc2c2cc(Cn3cccn3)ccc21. The van der Waals surface area contributed by atoms with Crippen molar-refractivity contribution in [2.75, 3.05) is 5.73 Å². The highest BCUT2D eigenvalue weighted by Crippen LogP contribution is 2.41. The third-order valence-electron chi connectivity index (χ3n) is 6.45. The van der Waals surface area contributed by atoms with Gasteiger partial charge in [0.2, 0.25) is 0 Å². The number of aryl methyl sites for hydroxylation is 2. The van der Waals surface area contributed by atoms with Crippen LogP contribution in [0.4, 0.5) is 5.82 Å². The predicted molar refractivity (Wildman–Crippen MR) is 133 cm³/mol. The van der Waals surface area contributed by atoms with Crippen molar-refractivity contribution in [1.29, 1.82) is 0 Å². The number of rotatable bonds is 5. The van der Waals surface area contributed by atoms with Crippen LogP contribution in [0.15, 0.2) is 65.3 Å². The highest BCUT2D eigenvalue weighted by molar-refractivity contribution is 6.25. The molecule has 0 atom stereocenters. The first-order valence-corrected chi connectivity index (χ1v) is 11.2. The molecule has 3 N–H and O–H groups in total. The average Bonchev–Trinajstić information content (AvgIpc) is 3.54. The lowest BCUT2D eigenvalue weighted by Crippen LogP contribution is -2.24. The average molecular weight is 450 g/mol. The van der Waals surface area contributed by atoms with Crippen molar-refractivity contribution in [3.05, 3.63) is 88.9 Å². The molecule has 4 aromatic heterocycles. The lowest BCUT2D eigenvalue weighted by molar-refractivity contribution is 0.0951. The number of hydrogen-bond donors (Lipinski definition) is 2. The summed E-state index contributed by atoms with van der Waals surface area (Å²) in [7, 11) is 0. The van der Waals surface area contributed by atoms with E-state index in [2.05, 4.69) is 33.6 Å². The molecule has 0 aliphatic heterocycles. The summed E-state index contributed by atoms with van der Waals surface area (Å²) >= 11 is 0. The number of anilines is 1. The number of amides is 1. The third-order valence-corrected chi connectivity index (χ3v) is 6.45. The van der Waals surface area contributed by atoms with Crippen LogP contribution < -0.4 is 11.1 Å². The summed E-state index contributed by atoms with van der Waals surface area (Å²) in [4.78, 5) is 17.2. The van der Waals surface area contributed by atoms with E-state index in [4.69, 9.17) is 10.2 Å². The quantitative estimate of drug-likeness (QED) is 0.363. The van der Waals surface area contributed by atoms with Crippen molar-refractivity contribution >= 4 is 44.4 Å². The Hall–Kier alpha value is -4.39. The Morgan fingerprint density at radius 2 is 1.79 bits per heavy atom. The molecule has 4 heterocycles. The fourth-order valence-electron chi connectivity index (χ4n) is 4.77. The van der Waals surface area contributed by atoms with E-state index in [0.717, 1.165) is 55.1 Å². The van der Waals surface area contributed by atoms with Crippen LogP contribution in [0, 0.1) is 13.8 Å². The van der Waals surface area contributed by atoms with Crippen molar-refractivity contribution in [3.8, 4) is 0 Å². The molecule has 34 heavy (non-hydrogen) atoms. The van der Waals surface area contributed by atoms with Gasteiger partial charge in [-0.2, -0.15) is 5.10 Å². The first-order chi connectivity index (χ1) is 16.5. The Bertz CT molecular complexity index is 1660. The van der Waals surface area contributed by atoms with Crippen LogP contribution >= 0.6 is 0 Å². The summed E-state index contributed by atoms with van der Waals surface area (Å²) in [5.74, 6) is 0.351. The molecule has 0 spiro atoms. The molecule has 0 saturated heterocycles. The largest absolute Gasteiger partial charge is 0.455 e. The fourth-order valence-corrected chi connectivity index (χ4v) is 4.77. The van der Waals surface area contributed by atoms with E-state index >= 15 is 0 Å². The second-order valence-electron chi connectivity index (χ2n) is 8.71. The molecular weight excluding hydrogens is 426 g/mol. The summed E-state index contributed by atoms with van der Waals surface area (Å²) in [5, 5.41) is 11.4. The Morgan fingerprint density at radius 1 is 1.03 bits per heavy atom. The van der Waals surface area contributed by atoms with Gasteiger partial charge in [-0.05, 0) is 66.9 Å². The first kappa shape index (κ1) is 20.2. The van der Waals surface area contributed by atoms with Gasteiger partial charge in [0.25, 0.3) is 5.91 Å². The number of aromatic nitrogens is 3. The van der Waals surface area contributed by atoms with Gasteiger partial charge in [0, 0.05) is 51.7 Å². The molecular formula is C27H23N5O2. The van der Waals surface area contributed by atoms with Gasteiger partial charge in [-0.1, -0.05) is 12.1 Å². The monoisotopic (exact) mass is 449 g/mol. The van der Waals surface area contributed by atoms with Crippen LogP contribution in [0.3, 0.4) is 0 Å². The Morgan fingerprint density at radius 3 is 2.53 bits per heavy atom. The van der Waals surface area contributed by atoms with Crippen molar-refractivity contribution in [3.63, 3.8) is 0 Å². The Balaban J connectivity index is 1.30. The number of nitrogens with one attached hydrogen (secondary N) is 1. The number of hydrogen-bond acceptors (Lipinski definition) is 5. The molecule has 0 radical (unpaired) electrons. The van der Waals surface area contributed by atoms with Crippen LogP contribution in [0.1, 0.15) is 32.7 Å². The first-order valence-electron chi connectivity index (χ1n) is 11.2. The second kappa shape index (κ2) is 7.59. The summed E-state index contributed by atoms with van der Waals surface area (Å²) in [5.41, 5.74) is 12.1. The molecule has 6 rings (SSSR count). The number of benzene rings is 3. The van der Waals surface area contributed by atoms with E-state index in [-0.39, 0.29) is 5.91 Å². The van der Waals surface area contributed by atoms with Crippen molar-refractivity contribution < 1.29 is 9.21 Å². The number of pyridine rings is 1. The van der Waals surface area contributed by atoms with Gasteiger partial charge in [-0.3, -0.25) is 9.48 Å². The van der Waals surface area contributed by atoms with Crippen LogP contribution in [-0.4, -0.2) is 20.7 Å². The molecule has 168 valence electrons. The van der Waals surface area contributed by atoms with E-state index in [1.807, 2.05) is 55.1 Å². The highest BCUT2D eigenvalue weighted by Gasteiger charge is 2.19. The minimum Gasteiger partial charge on any atom is -0.455 e. The molecule has 0 fully saturated rings. The number of carbonyl (C=O) groups is 1. The molecule has 7 heteroatoms. The minimum absolute atomic E-state index is 0.137. The van der Waals surface area contributed by atoms with Crippen LogP contribution in [0.2, 0.25) is 0 Å². The molecule has 1 amide bonds. The van der Waals surface area contributed by atoms with E-state index in [0.29, 0.717) is 24.5 Å². The van der Waals surface area contributed by atoms with Gasteiger partial charge in [0.05, 0.1) is 6.54 Å². The Labute approximate surface area is 195 Å². The maximum atomic E-state index is 12.9. The van der Waals surface area contributed by atoms with E-state index in [1.165, 1.54) is 0 Å². The van der Waals surface area contributed by atoms with Gasteiger partial charge in [-0.15, -0.1) is 0 Å². The minimum atomic E-state index is -0.137. The van der Waals surface area contributed by atoms with E-state index in [1.54, 1.807) is 6.20 Å². The van der Waals surface area contributed by atoms with Gasteiger partial charge in [0.15, 0.2) is 0 Å². The van der Waals surface area contributed by atoms with Gasteiger partial charge in [-0.25, -0.2) is 4.98 Å². The number of fused-ring (bicyclic) bond motifs is 8. The normalized spacial score (nSPS) is 11.7. The zero-order chi connectivity index (χ0) is 23.4. The van der Waals surface area contributed by atoms with Gasteiger partial charge < -0.3 is 15.5 Å². The smallest absolute Gasteiger partial charge is 0.251 e. The standard InChI is InChI=1S/C27H23N5O2/c1-15-10-24(28)31-16(2)23(15)13-29-27(33)18-5-7-20-22(12-18)26-19-6-4-17(11-21(19)25(20)34-26)14-32-9-3-8-30-32/h3-12H,13-14H2,1-2H3,(H2,28,31)(H,29,33). The number of furan rings is 2. The number of carbonyl (C=O) groups excluding carboxylic acids is 1. The molecule has 0 aliphatic carbocycles. The predicted octanol–water partition coefficient (Wildman–Crippen LogP) is 4.95. The molecule has 2 aromatic carbocycles. The van der Waals surface area contributed by atoms with Crippen LogP contribution in [0.5, 0.6) is 0 Å². The Kier molecular flexibility index (Phi) is 4.52. The summed E-state index contributed by atoms with van der Waals surface area (Å²) < 4.78 is 8.07. The number of nitrogens with zero attached hydrogens (tertiary/aromatic N) is 3.